The molecule has 0 unspecified atom stereocenters. The van der Waals surface area contributed by atoms with Crippen LogP contribution in [-0.4, -0.2) is 56.9 Å². The summed E-state index contributed by atoms with van der Waals surface area (Å²) in [5.41, 5.74) is 0.00500. The zero-order valence-electron chi connectivity index (χ0n) is 12.2. The van der Waals surface area contributed by atoms with Gasteiger partial charge in [-0.1, -0.05) is 19.3 Å². The van der Waals surface area contributed by atoms with Crippen molar-refractivity contribution in [3.63, 3.8) is 0 Å². The van der Waals surface area contributed by atoms with E-state index in [0.717, 1.165) is 25.7 Å². The van der Waals surface area contributed by atoms with Crippen molar-refractivity contribution in [1.29, 1.82) is 0 Å². The van der Waals surface area contributed by atoms with Crippen LogP contribution in [0.1, 0.15) is 44.9 Å². The number of likely N-dealkylation sites (N-methyl/N-ethyl adjacent to an activating group) is 1. The highest BCUT2D eigenvalue weighted by molar-refractivity contribution is 7.87. The first-order valence-corrected chi connectivity index (χ1v) is 8.82. The smallest absolute Gasteiger partial charge is 0.279 e. The maximum absolute atomic E-state index is 12.2. The van der Waals surface area contributed by atoms with E-state index in [0.29, 0.717) is 19.6 Å². The van der Waals surface area contributed by atoms with E-state index < -0.39 is 10.2 Å². The molecule has 19 heavy (non-hydrogen) atoms. The van der Waals surface area contributed by atoms with E-state index in [-0.39, 0.29) is 5.54 Å². The minimum Gasteiger partial charge on any atom is -0.302 e. The van der Waals surface area contributed by atoms with Crippen LogP contribution in [0.15, 0.2) is 0 Å². The second kappa shape index (κ2) is 6.08. The molecule has 0 atom stereocenters. The molecule has 1 saturated heterocycles. The molecule has 6 heteroatoms. The van der Waals surface area contributed by atoms with E-state index in [2.05, 4.69) is 23.7 Å². The van der Waals surface area contributed by atoms with Gasteiger partial charge in [-0.3, -0.25) is 0 Å². The lowest BCUT2D eigenvalue weighted by atomic mass is 9.81. The van der Waals surface area contributed by atoms with Gasteiger partial charge < -0.3 is 4.90 Å². The Morgan fingerprint density at radius 3 is 2.16 bits per heavy atom. The molecule has 112 valence electrons. The molecule has 0 radical (unpaired) electrons. The van der Waals surface area contributed by atoms with Gasteiger partial charge in [0.25, 0.3) is 10.2 Å². The Kier molecular flexibility index (Phi) is 4.87. The van der Waals surface area contributed by atoms with E-state index in [4.69, 9.17) is 0 Å². The summed E-state index contributed by atoms with van der Waals surface area (Å²) in [5.74, 6) is 0. The van der Waals surface area contributed by atoms with Gasteiger partial charge in [0.2, 0.25) is 0 Å². The van der Waals surface area contributed by atoms with Gasteiger partial charge in [0, 0.05) is 25.2 Å². The molecular formula is C13H27N3O2S. The van der Waals surface area contributed by atoms with Crippen molar-refractivity contribution in [2.75, 3.05) is 33.7 Å². The lowest BCUT2D eigenvalue weighted by Crippen LogP contribution is -2.55. The molecule has 0 aromatic heterocycles. The average molecular weight is 289 g/mol. The summed E-state index contributed by atoms with van der Waals surface area (Å²) < 4.78 is 28.9. The van der Waals surface area contributed by atoms with Crippen LogP contribution >= 0.6 is 0 Å². The van der Waals surface area contributed by atoms with E-state index in [1.54, 1.807) is 4.31 Å². The normalized spacial score (nSPS) is 25.0. The summed E-state index contributed by atoms with van der Waals surface area (Å²) >= 11 is 0. The highest BCUT2D eigenvalue weighted by Crippen LogP contribution is 2.31. The predicted molar refractivity (Wildman–Crippen MR) is 77.2 cm³/mol. The second-order valence-electron chi connectivity index (χ2n) is 6.11. The number of nitrogens with one attached hydrogen (secondary N) is 1. The Balaban J connectivity index is 1.98. The second-order valence-corrected chi connectivity index (χ2v) is 7.87. The Morgan fingerprint density at radius 2 is 1.63 bits per heavy atom. The van der Waals surface area contributed by atoms with E-state index in [9.17, 15) is 8.42 Å². The van der Waals surface area contributed by atoms with Crippen molar-refractivity contribution >= 4 is 10.2 Å². The maximum atomic E-state index is 12.2. The van der Waals surface area contributed by atoms with E-state index in [1.165, 1.54) is 19.3 Å². The van der Waals surface area contributed by atoms with Crippen molar-refractivity contribution in [3.8, 4) is 0 Å². The summed E-state index contributed by atoms with van der Waals surface area (Å²) in [6.45, 7) is 1.88. The van der Waals surface area contributed by atoms with E-state index in [1.807, 2.05) is 0 Å². The SMILES string of the molecule is CN(C)C1(CNS(=O)(=O)N2CCCC2)CCCCC1. The third-order valence-corrected chi connectivity index (χ3v) is 6.28. The molecule has 2 aliphatic rings. The number of hydrogen-bond acceptors (Lipinski definition) is 3. The molecule has 0 bridgehead atoms. The summed E-state index contributed by atoms with van der Waals surface area (Å²) in [7, 11) is 0.856. The average Bonchev–Trinajstić information content (AvgIpc) is 2.92. The first-order chi connectivity index (χ1) is 8.96. The largest absolute Gasteiger partial charge is 0.302 e. The van der Waals surface area contributed by atoms with Gasteiger partial charge >= 0.3 is 0 Å². The van der Waals surface area contributed by atoms with Crippen LogP contribution in [0.5, 0.6) is 0 Å². The standard InChI is InChI=1S/C13H27N3O2S/c1-15(2)13(8-4-3-5-9-13)12-14-19(17,18)16-10-6-7-11-16/h14H,3-12H2,1-2H3. The van der Waals surface area contributed by atoms with Crippen LogP contribution in [0.25, 0.3) is 0 Å². The molecule has 0 spiro atoms. The zero-order valence-corrected chi connectivity index (χ0v) is 13.0. The van der Waals surface area contributed by atoms with Crippen molar-refractivity contribution in [3.05, 3.63) is 0 Å². The molecule has 2 fully saturated rings. The van der Waals surface area contributed by atoms with Gasteiger partial charge in [-0.15, -0.1) is 0 Å². The topological polar surface area (TPSA) is 52.7 Å². The van der Waals surface area contributed by atoms with Crippen molar-refractivity contribution in [1.82, 2.24) is 13.9 Å². The molecule has 0 aromatic carbocycles. The quantitative estimate of drug-likeness (QED) is 0.827. The summed E-state index contributed by atoms with van der Waals surface area (Å²) in [6.07, 6.45) is 7.81. The third-order valence-electron chi connectivity index (χ3n) is 4.72. The summed E-state index contributed by atoms with van der Waals surface area (Å²) in [5, 5.41) is 0. The van der Waals surface area contributed by atoms with Crippen molar-refractivity contribution in [2.45, 2.75) is 50.5 Å². The van der Waals surface area contributed by atoms with Crippen LogP contribution in [0.3, 0.4) is 0 Å². The highest BCUT2D eigenvalue weighted by atomic mass is 32.2. The van der Waals surface area contributed by atoms with Gasteiger partial charge in [0.1, 0.15) is 0 Å². The molecule has 1 aliphatic carbocycles. The highest BCUT2D eigenvalue weighted by Gasteiger charge is 2.36. The minimum absolute atomic E-state index is 0.00500. The summed E-state index contributed by atoms with van der Waals surface area (Å²) in [6, 6.07) is 0. The Labute approximate surface area is 117 Å². The Morgan fingerprint density at radius 1 is 1.05 bits per heavy atom. The van der Waals surface area contributed by atoms with Crippen LogP contribution in [-0.2, 0) is 10.2 Å². The first-order valence-electron chi connectivity index (χ1n) is 7.38. The lowest BCUT2D eigenvalue weighted by molar-refractivity contribution is 0.104. The van der Waals surface area contributed by atoms with Crippen molar-refractivity contribution < 1.29 is 8.42 Å². The Bertz CT molecular complexity index is 383. The Hall–Kier alpha value is -0.170. The molecule has 1 saturated carbocycles. The minimum atomic E-state index is -3.27. The summed E-state index contributed by atoms with van der Waals surface area (Å²) in [4.78, 5) is 2.21. The molecule has 1 heterocycles. The number of hydrogen-bond donors (Lipinski definition) is 1. The zero-order chi connectivity index (χ0) is 13.9. The van der Waals surface area contributed by atoms with Crippen LogP contribution in [0.2, 0.25) is 0 Å². The van der Waals surface area contributed by atoms with Gasteiger partial charge in [-0.25, -0.2) is 4.72 Å². The fourth-order valence-electron chi connectivity index (χ4n) is 3.24. The third kappa shape index (κ3) is 3.48. The van der Waals surface area contributed by atoms with Crippen LogP contribution in [0.4, 0.5) is 0 Å². The molecule has 0 amide bonds. The van der Waals surface area contributed by atoms with Crippen molar-refractivity contribution in [2.24, 2.45) is 0 Å². The fraction of sp³-hybridized carbons (Fsp3) is 1.00. The van der Waals surface area contributed by atoms with Crippen LogP contribution in [0, 0.1) is 0 Å². The molecule has 0 aromatic rings. The number of rotatable bonds is 5. The maximum Gasteiger partial charge on any atom is 0.279 e. The number of nitrogens with zero attached hydrogens (tertiary/aromatic N) is 2. The molecular weight excluding hydrogens is 262 g/mol. The molecule has 2 rings (SSSR count). The lowest BCUT2D eigenvalue weighted by Gasteiger charge is -2.43. The van der Waals surface area contributed by atoms with Gasteiger partial charge in [0.05, 0.1) is 0 Å². The molecule has 1 N–H and O–H groups in total. The molecule has 5 nitrogen and oxygen atoms in total. The van der Waals surface area contributed by atoms with E-state index >= 15 is 0 Å². The van der Waals surface area contributed by atoms with Gasteiger partial charge in [0.15, 0.2) is 0 Å². The fourth-order valence-corrected chi connectivity index (χ4v) is 4.61. The monoisotopic (exact) mass is 289 g/mol. The predicted octanol–water partition coefficient (Wildman–Crippen LogP) is 1.18. The van der Waals surface area contributed by atoms with Gasteiger partial charge in [-0.2, -0.15) is 12.7 Å². The molecule has 1 aliphatic heterocycles. The van der Waals surface area contributed by atoms with Gasteiger partial charge in [-0.05, 0) is 39.8 Å². The van der Waals surface area contributed by atoms with Crippen LogP contribution < -0.4 is 4.72 Å². The first kappa shape index (κ1) is 15.2.